The summed E-state index contributed by atoms with van der Waals surface area (Å²) in [5, 5.41) is 1.03. The van der Waals surface area contributed by atoms with Gasteiger partial charge in [0.1, 0.15) is 5.82 Å². The normalized spacial score (nSPS) is 17.0. The molecule has 1 aliphatic heterocycles. The molecule has 1 amide bonds. The second-order valence-electron chi connectivity index (χ2n) is 8.53. The zero-order valence-corrected chi connectivity index (χ0v) is 19.4. The average molecular weight is 457 g/mol. The van der Waals surface area contributed by atoms with Gasteiger partial charge in [0, 0.05) is 44.7 Å². The quantitative estimate of drug-likeness (QED) is 0.491. The first-order valence-electron chi connectivity index (χ1n) is 11.5. The third kappa shape index (κ3) is 4.49. The molecule has 1 saturated heterocycles. The standard InChI is InChI=1S/C26H28N6O2/c1-18(33)32-14-13-31(17-20-8-5-6-11-27-20)12-10-24(32)25-28-16-23(29-25)21-15-19-7-3-4-9-22(19)30-26(21)34-2/h3-9,11,15-16,24H,10,12-14,17H2,1-2H3,(H,28,29). The topological polar surface area (TPSA) is 87.2 Å². The fraction of sp³-hybridized carbons (Fsp3) is 0.308. The van der Waals surface area contributed by atoms with Crippen LogP contribution in [-0.4, -0.2) is 62.4 Å². The van der Waals surface area contributed by atoms with Crippen LogP contribution in [0, 0.1) is 0 Å². The van der Waals surface area contributed by atoms with Crippen molar-refractivity contribution >= 4 is 16.8 Å². The molecule has 3 aromatic heterocycles. The summed E-state index contributed by atoms with van der Waals surface area (Å²) in [6.45, 7) is 4.68. The highest BCUT2D eigenvalue weighted by atomic mass is 16.5. The van der Waals surface area contributed by atoms with Gasteiger partial charge in [-0.25, -0.2) is 9.97 Å². The number of carbonyl (C=O) groups is 1. The molecule has 8 nitrogen and oxygen atoms in total. The number of methoxy groups -OCH3 is 1. The van der Waals surface area contributed by atoms with Gasteiger partial charge in [0.2, 0.25) is 11.8 Å². The SMILES string of the molecule is COc1nc2ccccc2cc1-c1cnc(C2CCN(Cc3ccccn3)CCN2C(C)=O)[nH]1. The van der Waals surface area contributed by atoms with Gasteiger partial charge < -0.3 is 14.6 Å². The first-order chi connectivity index (χ1) is 16.6. The molecule has 4 aromatic rings. The molecule has 4 heterocycles. The number of para-hydroxylation sites is 1. The van der Waals surface area contributed by atoms with E-state index in [-0.39, 0.29) is 11.9 Å². The van der Waals surface area contributed by atoms with Crippen molar-refractivity contribution in [2.24, 2.45) is 0 Å². The van der Waals surface area contributed by atoms with Gasteiger partial charge in [0.15, 0.2) is 0 Å². The minimum atomic E-state index is -0.126. The van der Waals surface area contributed by atoms with Crippen molar-refractivity contribution < 1.29 is 9.53 Å². The molecule has 0 radical (unpaired) electrons. The van der Waals surface area contributed by atoms with E-state index in [1.54, 1.807) is 20.2 Å². The number of ether oxygens (including phenoxy) is 1. The van der Waals surface area contributed by atoms with Crippen molar-refractivity contribution in [3.05, 3.63) is 72.4 Å². The molecule has 1 unspecified atom stereocenters. The monoisotopic (exact) mass is 456 g/mol. The Kier molecular flexibility index (Phi) is 6.22. The van der Waals surface area contributed by atoms with Crippen LogP contribution >= 0.6 is 0 Å². The van der Waals surface area contributed by atoms with Crippen LogP contribution in [-0.2, 0) is 11.3 Å². The van der Waals surface area contributed by atoms with E-state index in [9.17, 15) is 4.79 Å². The van der Waals surface area contributed by atoms with Crippen LogP contribution in [0.2, 0.25) is 0 Å². The summed E-state index contributed by atoms with van der Waals surface area (Å²) in [7, 11) is 1.62. The molecule has 0 spiro atoms. The Morgan fingerprint density at radius 1 is 1.12 bits per heavy atom. The summed E-state index contributed by atoms with van der Waals surface area (Å²) in [4.78, 5) is 34.1. The Hall–Kier alpha value is -3.78. The van der Waals surface area contributed by atoms with E-state index < -0.39 is 0 Å². The Balaban J connectivity index is 1.41. The number of H-pyrrole nitrogens is 1. The van der Waals surface area contributed by atoms with Crippen molar-refractivity contribution in [3.63, 3.8) is 0 Å². The Morgan fingerprint density at radius 3 is 2.76 bits per heavy atom. The molecule has 1 atom stereocenters. The number of hydrogen-bond acceptors (Lipinski definition) is 6. The number of rotatable bonds is 5. The maximum atomic E-state index is 12.5. The number of pyridine rings is 2. The molecule has 8 heteroatoms. The third-order valence-corrected chi connectivity index (χ3v) is 6.35. The summed E-state index contributed by atoms with van der Waals surface area (Å²) < 4.78 is 5.58. The van der Waals surface area contributed by atoms with E-state index in [4.69, 9.17) is 9.72 Å². The summed E-state index contributed by atoms with van der Waals surface area (Å²) in [5.41, 5.74) is 3.58. The third-order valence-electron chi connectivity index (χ3n) is 6.35. The maximum Gasteiger partial charge on any atom is 0.223 e. The first kappa shape index (κ1) is 22.0. The number of hydrogen-bond donors (Lipinski definition) is 1. The fourth-order valence-corrected chi connectivity index (χ4v) is 4.61. The molecule has 1 fully saturated rings. The van der Waals surface area contributed by atoms with E-state index in [0.717, 1.165) is 59.7 Å². The second-order valence-corrected chi connectivity index (χ2v) is 8.53. The van der Waals surface area contributed by atoms with Crippen molar-refractivity contribution in [2.45, 2.75) is 25.9 Å². The van der Waals surface area contributed by atoms with E-state index in [1.807, 2.05) is 53.6 Å². The lowest BCUT2D eigenvalue weighted by Crippen LogP contribution is -2.35. The number of carbonyl (C=O) groups excluding carboxylic acids is 1. The van der Waals surface area contributed by atoms with Crippen molar-refractivity contribution in [1.82, 2.24) is 29.7 Å². The zero-order valence-electron chi connectivity index (χ0n) is 19.4. The molecule has 0 aliphatic carbocycles. The predicted molar refractivity (Wildman–Crippen MR) is 130 cm³/mol. The second kappa shape index (κ2) is 9.61. The molecular formula is C26H28N6O2. The largest absolute Gasteiger partial charge is 0.480 e. The number of aromatic nitrogens is 4. The molecule has 34 heavy (non-hydrogen) atoms. The Morgan fingerprint density at radius 2 is 1.97 bits per heavy atom. The number of nitrogens with zero attached hydrogens (tertiary/aromatic N) is 5. The van der Waals surface area contributed by atoms with Crippen LogP contribution in [0.3, 0.4) is 0 Å². The van der Waals surface area contributed by atoms with Gasteiger partial charge in [0.05, 0.1) is 41.8 Å². The van der Waals surface area contributed by atoms with Gasteiger partial charge in [-0.15, -0.1) is 0 Å². The molecule has 174 valence electrons. The van der Waals surface area contributed by atoms with Crippen LogP contribution in [0.15, 0.2) is 60.9 Å². The number of nitrogens with one attached hydrogen (secondary N) is 1. The average Bonchev–Trinajstić information content (AvgIpc) is 3.25. The Labute approximate surface area is 198 Å². The van der Waals surface area contributed by atoms with Gasteiger partial charge in [-0.05, 0) is 30.7 Å². The van der Waals surface area contributed by atoms with Crippen molar-refractivity contribution in [2.75, 3.05) is 26.7 Å². The van der Waals surface area contributed by atoms with Gasteiger partial charge >= 0.3 is 0 Å². The van der Waals surface area contributed by atoms with Crippen molar-refractivity contribution in [3.8, 4) is 17.1 Å². The molecule has 1 aromatic carbocycles. The lowest BCUT2D eigenvalue weighted by Gasteiger charge is -2.27. The summed E-state index contributed by atoms with van der Waals surface area (Å²) in [6, 6.07) is 15.8. The van der Waals surface area contributed by atoms with Crippen LogP contribution in [0.25, 0.3) is 22.2 Å². The van der Waals surface area contributed by atoms with E-state index in [2.05, 4.69) is 25.9 Å². The molecule has 5 rings (SSSR count). The number of benzene rings is 1. The van der Waals surface area contributed by atoms with Crippen LogP contribution in [0.4, 0.5) is 0 Å². The number of aromatic amines is 1. The minimum absolute atomic E-state index is 0.0487. The predicted octanol–water partition coefficient (Wildman–Crippen LogP) is 3.82. The fourth-order valence-electron chi connectivity index (χ4n) is 4.61. The smallest absolute Gasteiger partial charge is 0.223 e. The van der Waals surface area contributed by atoms with E-state index in [0.29, 0.717) is 12.4 Å². The van der Waals surface area contributed by atoms with E-state index >= 15 is 0 Å². The highest BCUT2D eigenvalue weighted by molar-refractivity contribution is 5.85. The summed E-state index contributed by atoms with van der Waals surface area (Å²) in [6.07, 6.45) is 4.41. The molecule has 1 aliphatic rings. The maximum absolute atomic E-state index is 12.5. The summed E-state index contributed by atoms with van der Waals surface area (Å²) >= 11 is 0. The lowest BCUT2D eigenvalue weighted by molar-refractivity contribution is -0.131. The molecule has 1 N–H and O–H groups in total. The highest BCUT2D eigenvalue weighted by Gasteiger charge is 2.29. The number of imidazole rings is 1. The molecule has 0 bridgehead atoms. The van der Waals surface area contributed by atoms with Gasteiger partial charge in [-0.1, -0.05) is 24.3 Å². The van der Waals surface area contributed by atoms with Gasteiger partial charge in [-0.2, -0.15) is 0 Å². The van der Waals surface area contributed by atoms with Crippen LogP contribution in [0.5, 0.6) is 5.88 Å². The number of amides is 1. The number of fused-ring (bicyclic) bond motifs is 1. The van der Waals surface area contributed by atoms with Gasteiger partial charge in [-0.3, -0.25) is 14.7 Å². The van der Waals surface area contributed by atoms with Crippen LogP contribution < -0.4 is 4.74 Å². The lowest BCUT2D eigenvalue weighted by atomic mass is 10.1. The molecule has 0 saturated carbocycles. The van der Waals surface area contributed by atoms with Gasteiger partial charge in [0.25, 0.3) is 0 Å². The molecular weight excluding hydrogens is 428 g/mol. The van der Waals surface area contributed by atoms with Crippen LogP contribution in [0.1, 0.15) is 30.9 Å². The first-order valence-corrected chi connectivity index (χ1v) is 11.5. The Bertz CT molecular complexity index is 1290. The van der Waals surface area contributed by atoms with E-state index in [1.165, 1.54) is 0 Å². The highest BCUT2D eigenvalue weighted by Crippen LogP contribution is 2.33. The summed E-state index contributed by atoms with van der Waals surface area (Å²) in [5.74, 6) is 1.37. The van der Waals surface area contributed by atoms with Crippen molar-refractivity contribution in [1.29, 1.82) is 0 Å². The minimum Gasteiger partial charge on any atom is -0.480 e. The zero-order chi connectivity index (χ0) is 23.5.